The van der Waals surface area contributed by atoms with Gasteiger partial charge in [0.05, 0.1) is 12.4 Å². The number of carbonyl (C=O) groups excluding carboxylic acids is 1. The number of carbonyl (C=O) groups is 1. The van der Waals surface area contributed by atoms with Gasteiger partial charge in [-0.2, -0.15) is 0 Å². The number of nitrogens with zero attached hydrogens (tertiary/aromatic N) is 1. The molecule has 0 unspecified atom stereocenters. The van der Waals surface area contributed by atoms with Crippen molar-refractivity contribution in [1.82, 2.24) is 9.62 Å². The number of aryl methyl sites for hydroxylation is 1. The lowest BCUT2D eigenvalue weighted by molar-refractivity contribution is 0.0953. The van der Waals surface area contributed by atoms with E-state index in [0.29, 0.717) is 37.4 Å². The normalized spacial score (nSPS) is 14.6. The number of sulfonamides is 1. The standard InChI is InChI=1S/C23H30N2O4S/c1-2-29-22-10-4-3-8-20(22)9-7-15-24-23(26)21-13-11-19(12-14-21)18-30(27,28)25-16-5-6-17-25/h3-4,8,10-14H,2,5-7,9,15-18H2,1H3,(H,24,26). The van der Waals surface area contributed by atoms with E-state index < -0.39 is 10.0 Å². The van der Waals surface area contributed by atoms with Gasteiger partial charge in [0.2, 0.25) is 10.0 Å². The minimum atomic E-state index is -3.28. The van der Waals surface area contributed by atoms with E-state index in [0.717, 1.165) is 37.0 Å². The third kappa shape index (κ3) is 6.06. The van der Waals surface area contributed by atoms with Crippen LogP contribution in [0.3, 0.4) is 0 Å². The van der Waals surface area contributed by atoms with Gasteiger partial charge >= 0.3 is 0 Å². The summed E-state index contributed by atoms with van der Waals surface area (Å²) in [4.78, 5) is 12.4. The summed E-state index contributed by atoms with van der Waals surface area (Å²) in [5.41, 5.74) is 2.37. The highest BCUT2D eigenvalue weighted by atomic mass is 32.2. The third-order valence-electron chi connectivity index (χ3n) is 5.20. The average Bonchev–Trinajstić information content (AvgIpc) is 3.29. The Morgan fingerprint density at radius 2 is 1.77 bits per heavy atom. The number of hydrogen-bond donors (Lipinski definition) is 1. The smallest absolute Gasteiger partial charge is 0.251 e. The molecule has 0 saturated carbocycles. The fourth-order valence-corrected chi connectivity index (χ4v) is 5.22. The molecule has 2 aromatic carbocycles. The first-order chi connectivity index (χ1) is 14.5. The Bertz CT molecular complexity index is 936. The Balaban J connectivity index is 1.47. The number of amides is 1. The molecule has 1 aliphatic rings. The van der Waals surface area contributed by atoms with Gasteiger partial charge in [-0.3, -0.25) is 4.79 Å². The van der Waals surface area contributed by atoms with Crippen molar-refractivity contribution in [3.8, 4) is 5.75 Å². The van der Waals surface area contributed by atoms with E-state index in [1.807, 2.05) is 31.2 Å². The van der Waals surface area contributed by atoms with Crippen LogP contribution in [0.15, 0.2) is 48.5 Å². The van der Waals surface area contributed by atoms with Crippen LogP contribution in [0, 0.1) is 0 Å². The van der Waals surface area contributed by atoms with Crippen molar-refractivity contribution in [3.63, 3.8) is 0 Å². The van der Waals surface area contributed by atoms with Crippen LogP contribution >= 0.6 is 0 Å². The molecule has 1 aliphatic heterocycles. The molecule has 7 heteroatoms. The predicted octanol–water partition coefficient (Wildman–Crippen LogP) is 3.37. The SMILES string of the molecule is CCOc1ccccc1CCCNC(=O)c1ccc(CS(=O)(=O)N2CCCC2)cc1. The van der Waals surface area contributed by atoms with Crippen LogP contribution < -0.4 is 10.1 Å². The van der Waals surface area contributed by atoms with Crippen LogP contribution in [0.25, 0.3) is 0 Å². The number of ether oxygens (including phenoxy) is 1. The summed E-state index contributed by atoms with van der Waals surface area (Å²) in [7, 11) is -3.28. The molecule has 0 spiro atoms. The lowest BCUT2D eigenvalue weighted by Gasteiger charge is -2.15. The Morgan fingerprint density at radius 1 is 1.07 bits per heavy atom. The molecule has 1 amide bonds. The Morgan fingerprint density at radius 3 is 2.47 bits per heavy atom. The van der Waals surface area contributed by atoms with Gasteiger partial charge in [-0.1, -0.05) is 30.3 Å². The molecule has 162 valence electrons. The molecule has 6 nitrogen and oxygen atoms in total. The molecule has 0 aromatic heterocycles. The van der Waals surface area contributed by atoms with Gasteiger partial charge in [0.1, 0.15) is 5.75 Å². The fourth-order valence-electron chi connectivity index (χ4n) is 3.61. The first kappa shape index (κ1) is 22.3. The summed E-state index contributed by atoms with van der Waals surface area (Å²) in [5.74, 6) is 0.724. The van der Waals surface area contributed by atoms with Crippen LogP contribution in [-0.2, 0) is 22.2 Å². The Hall–Kier alpha value is -2.38. The first-order valence-corrected chi connectivity index (χ1v) is 12.2. The molecule has 0 atom stereocenters. The van der Waals surface area contributed by atoms with E-state index in [4.69, 9.17) is 4.74 Å². The largest absolute Gasteiger partial charge is 0.494 e. The lowest BCUT2D eigenvalue weighted by Crippen LogP contribution is -2.29. The molecule has 0 radical (unpaired) electrons. The van der Waals surface area contributed by atoms with Crippen molar-refractivity contribution in [2.75, 3.05) is 26.2 Å². The van der Waals surface area contributed by atoms with Gasteiger partial charge in [0.25, 0.3) is 5.91 Å². The summed E-state index contributed by atoms with van der Waals surface area (Å²) in [5, 5.41) is 2.93. The van der Waals surface area contributed by atoms with Crippen molar-refractivity contribution in [1.29, 1.82) is 0 Å². The van der Waals surface area contributed by atoms with Crippen molar-refractivity contribution >= 4 is 15.9 Å². The molecular weight excluding hydrogens is 400 g/mol. The molecule has 1 fully saturated rings. The van der Waals surface area contributed by atoms with Gasteiger partial charge in [0, 0.05) is 25.2 Å². The molecular formula is C23H30N2O4S. The molecule has 1 saturated heterocycles. The van der Waals surface area contributed by atoms with E-state index >= 15 is 0 Å². The Kier molecular flexibility index (Phi) is 7.87. The highest BCUT2D eigenvalue weighted by molar-refractivity contribution is 7.88. The zero-order chi connectivity index (χ0) is 21.4. The number of hydrogen-bond acceptors (Lipinski definition) is 4. The van der Waals surface area contributed by atoms with Crippen molar-refractivity contribution in [2.24, 2.45) is 0 Å². The first-order valence-electron chi connectivity index (χ1n) is 10.6. The van der Waals surface area contributed by atoms with Gasteiger partial charge in [-0.05, 0) is 61.9 Å². The van der Waals surface area contributed by atoms with Crippen molar-refractivity contribution in [2.45, 2.75) is 38.4 Å². The second kappa shape index (κ2) is 10.6. The molecule has 0 bridgehead atoms. The van der Waals surface area contributed by atoms with Gasteiger partial charge in [-0.25, -0.2) is 12.7 Å². The monoisotopic (exact) mass is 430 g/mol. The van der Waals surface area contributed by atoms with Crippen LogP contribution in [-0.4, -0.2) is 44.9 Å². The summed E-state index contributed by atoms with van der Waals surface area (Å²) in [6.45, 7) is 4.37. The highest BCUT2D eigenvalue weighted by Crippen LogP contribution is 2.20. The maximum absolute atomic E-state index is 12.4. The fraction of sp³-hybridized carbons (Fsp3) is 0.435. The zero-order valence-electron chi connectivity index (χ0n) is 17.5. The lowest BCUT2D eigenvalue weighted by atomic mass is 10.1. The number of rotatable bonds is 10. The van der Waals surface area contributed by atoms with E-state index in [9.17, 15) is 13.2 Å². The second-order valence-corrected chi connectivity index (χ2v) is 9.43. The van der Waals surface area contributed by atoms with E-state index in [-0.39, 0.29) is 11.7 Å². The van der Waals surface area contributed by atoms with Gasteiger partial charge in [-0.15, -0.1) is 0 Å². The highest BCUT2D eigenvalue weighted by Gasteiger charge is 2.25. The topological polar surface area (TPSA) is 75.7 Å². The molecule has 3 rings (SSSR count). The van der Waals surface area contributed by atoms with Crippen molar-refractivity contribution in [3.05, 3.63) is 65.2 Å². The number of benzene rings is 2. The summed E-state index contributed by atoms with van der Waals surface area (Å²) in [6.07, 6.45) is 3.48. The molecule has 30 heavy (non-hydrogen) atoms. The summed E-state index contributed by atoms with van der Waals surface area (Å²) in [6, 6.07) is 14.8. The van der Waals surface area contributed by atoms with Crippen LogP contribution in [0.5, 0.6) is 5.75 Å². The van der Waals surface area contributed by atoms with Gasteiger partial charge in [0.15, 0.2) is 0 Å². The predicted molar refractivity (Wildman–Crippen MR) is 118 cm³/mol. The molecule has 0 aliphatic carbocycles. The maximum Gasteiger partial charge on any atom is 0.251 e. The van der Waals surface area contributed by atoms with Gasteiger partial charge < -0.3 is 10.1 Å². The van der Waals surface area contributed by atoms with E-state index in [2.05, 4.69) is 5.32 Å². The third-order valence-corrected chi connectivity index (χ3v) is 7.05. The minimum Gasteiger partial charge on any atom is -0.494 e. The number of nitrogens with one attached hydrogen (secondary N) is 1. The van der Waals surface area contributed by atoms with Crippen LogP contribution in [0.2, 0.25) is 0 Å². The number of para-hydroxylation sites is 1. The Labute approximate surface area is 179 Å². The molecule has 2 aromatic rings. The van der Waals surface area contributed by atoms with E-state index in [1.165, 1.54) is 0 Å². The molecule has 1 N–H and O–H groups in total. The summed E-state index contributed by atoms with van der Waals surface area (Å²) >= 11 is 0. The van der Waals surface area contributed by atoms with Crippen LogP contribution in [0.4, 0.5) is 0 Å². The maximum atomic E-state index is 12.4. The zero-order valence-corrected chi connectivity index (χ0v) is 18.3. The second-order valence-electron chi connectivity index (χ2n) is 7.46. The quantitative estimate of drug-likeness (QED) is 0.587. The van der Waals surface area contributed by atoms with Crippen LogP contribution in [0.1, 0.15) is 47.7 Å². The summed E-state index contributed by atoms with van der Waals surface area (Å²) < 4.78 is 32.0. The van der Waals surface area contributed by atoms with E-state index in [1.54, 1.807) is 28.6 Å². The minimum absolute atomic E-state index is 0.0197. The van der Waals surface area contributed by atoms with Crippen molar-refractivity contribution < 1.29 is 17.9 Å². The molecule has 1 heterocycles. The average molecular weight is 431 g/mol.